The van der Waals surface area contributed by atoms with Crippen molar-refractivity contribution in [1.29, 1.82) is 0 Å². The largest absolute Gasteiger partial charge is 0.411 e. The zero-order valence-corrected chi connectivity index (χ0v) is 6.62. The van der Waals surface area contributed by atoms with Crippen molar-refractivity contribution in [2.45, 2.75) is 6.42 Å². The molecule has 0 atom stereocenters. The normalized spacial score (nSPS) is 14.7. The molecule has 3 nitrogen and oxygen atoms in total. The average molecular weight is 162 g/mol. The fourth-order valence-electron chi connectivity index (χ4n) is 1.46. The molecule has 2 rings (SSSR count). The monoisotopic (exact) mass is 162 g/mol. The molecule has 1 aromatic carbocycles. The van der Waals surface area contributed by atoms with Gasteiger partial charge in [0.2, 0.25) is 0 Å². The van der Waals surface area contributed by atoms with Gasteiger partial charge in [-0.25, -0.2) is 0 Å². The second kappa shape index (κ2) is 2.85. The first-order chi connectivity index (χ1) is 5.90. The summed E-state index contributed by atoms with van der Waals surface area (Å²) < 4.78 is 0. The van der Waals surface area contributed by atoms with Crippen LogP contribution in [-0.2, 0) is 6.42 Å². The van der Waals surface area contributed by atoms with Gasteiger partial charge in [-0.15, -0.1) is 0 Å². The van der Waals surface area contributed by atoms with Crippen LogP contribution in [0, 0.1) is 0 Å². The summed E-state index contributed by atoms with van der Waals surface area (Å²) in [4.78, 5) is 0. The highest BCUT2D eigenvalue weighted by Gasteiger charge is 2.08. The summed E-state index contributed by atoms with van der Waals surface area (Å²) in [5.74, 6) is 0. The molecule has 0 aromatic heterocycles. The number of hydrogen-bond acceptors (Lipinski definition) is 3. The van der Waals surface area contributed by atoms with E-state index in [4.69, 9.17) is 5.21 Å². The molecule has 0 radical (unpaired) electrons. The standard InChI is InChI=1S/C9H10N2O/c12-11-6-7-1-2-8-3-4-10-9(8)5-7/h1-2,5-6,10,12H,3-4H2/b11-6-. The Morgan fingerprint density at radius 3 is 3.25 bits per heavy atom. The van der Waals surface area contributed by atoms with E-state index in [9.17, 15) is 0 Å². The number of anilines is 1. The lowest BCUT2D eigenvalue weighted by molar-refractivity contribution is 0.322. The van der Waals surface area contributed by atoms with E-state index in [1.54, 1.807) is 0 Å². The van der Waals surface area contributed by atoms with Crippen molar-refractivity contribution >= 4 is 11.9 Å². The molecule has 0 bridgehead atoms. The molecule has 0 fully saturated rings. The van der Waals surface area contributed by atoms with Crippen LogP contribution >= 0.6 is 0 Å². The Labute approximate surface area is 70.7 Å². The summed E-state index contributed by atoms with van der Waals surface area (Å²) in [6.45, 7) is 1.01. The number of nitrogens with one attached hydrogen (secondary N) is 1. The number of rotatable bonds is 1. The smallest absolute Gasteiger partial charge is 0.0734 e. The summed E-state index contributed by atoms with van der Waals surface area (Å²) in [6, 6.07) is 6.00. The molecule has 0 saturated carbocycles. The first kappa shape index (κ1) is 7.16. The van der Waals surface area contributed by atoms with E-state index in [2.05, 4.69) is 16.5 Å². The van der Waals surface area contributed by atoms with E-state index in [1.807, 2.05) is 12.1 Å². The zero-order valence-electron chi connectivity index (χ0n) is 6.62. The molecule has 0 spiro atoms. The molecule has 0 unspecified atom stereocenters. The third kappa shape index (κ3) is 1.13. The summed E-state index contributed by atoms with van der Waals surface area (Å²) >= 11 is 0. The highest BCUT2D eigenvalue weighted by molar-refractivity contribution is 5.81. The van der Waals surface area contributed by atoms with Crippen LogP contribution in [0.5, 0.6) is 0 Å². The third-order valence-electron chi connectivity index (χ3n) is 2.05. The van der Waals surface area contributed by atoms with Crippen molar-refractivity contribution in [3.63, 3.8) is 0 Å². The average Bonchev–Trinajstić information content (AvgIpc) is 2.51. The van der Waals surface area contributed by atoms with Crippen molar-refractivity contribution < 1.29 is 5.21 Å². The summed E-state index contributed by atoms with van der Waals surface area (Å²) in [5, 5.41) is 14.6. The number of nitrogens with zero attached hydrogens (tertiary/aromatic N) is 1. The van der Waals surface area contributed by atoms with Crippen LogP contribution in [0.3, 0.4) is 0 Å². The van der Waals surface area contributed by atoms with Gasteiger partial charge >= 0.3 is 0 Å². The molecule has 1 aliphatic rings. The minimum atomic E-state index is 0.922. The van der Waals surface area contributed by atoms with E-state index in [1.165, 1.54) is 11.8 Å². The number of benzene rings is 1. The SMILES string of the molecule is O/N=C\c1ccc2c(c1)NCC2. The molecule has 0 saturated heterocycles. The Morgan fingerprint density at radius 2 is 2.42 bits per heavy atom. The van der Waals surface area contributed by atoms with Crippen molar-refractivity contribution in [3.8, 4) is 0 Å². The maximum Gasteiger partial charge on any atom is 0.0734 e. The van der Waals surface area contributed by atoms with Crippen molar-refractivity contribution in [2.24, 2.45) is 5.16 Å². The lowest BCUT2D eigenvalue weighted by Crippen LogP contribution is -1.91. The predicted octanol–water partition coefficient (Wildman–Crippen LogP) is 1.46. The van der Waals surface area contributed by atoms with E-state index in [-0.39, 0.29) is 0 Å². The lowest BCUT2D eigenvalue weighted by atomic mass is 10.1. The molecule has 1 aliphatic heterocycles. The van der Waals surface area contributed by atoms with Crippen molar-refractivity contribution in [1.82, 2.24) is 0 Å². The Balaban J connectivity index is 2.38. The van der Waals surface area contributed by atoms with Crippen LogP contribution < -0.4 is 5.32 Å². The molecular formula is C9H10N2O. The van der Waals surface area contributed by atoms with Crippen LogP contribution in [-0.4, -0.2) is 18.0 Å². The zero-order chi connectivity index (χ0) is 8.39. The van der Waals surface area contributed by atoms with E-state index >= 15 is 0 Å². The predicted molar refractivity (Wildman–Crippen MR) is 48.0 cm³/mol. The van der Waals surface area contributed by atoms with Gasteiger partial charge in [0.1, 0.15) is 0 Å². The number of oxime groups is 1. The van der Waals surface area contributed by atoms with Gasteiger partial charge in [0, 0.05) is 12.2 Å². The van der Waals surface area contributed by atoms with Crippen LogP contribution in [0.4, 0.5) is 5.69 Å². The quantitative estimate of drug-likeness (QED) is 0.373. The minimum Gasteiger partial charge on any atom is -0.411 e. The first-order valence-corrected chi connectivity index (χ1v) is 3.94. The number of fused-ring (bicyclic) bond motifs is 1. The molecule has 2 N–H and O–H groups in total. The van der Waals surface area contributed by atoms with Gasteiger partial charge < -0.3 is 10.5 Å². The summed E-state index contributed by atoms with van der Waals surface area (Å²) in [6.07, 6.45) is 2.52. The molecule has 3 heteroatoms. The van der Waals surface area contributed by atoms with E-state index < -0.39 is 0 Å². The third-order valence-corrected chi connectivity index (χ3v) is 2.05. The Bertz CT molecular complexity index is 320. The lowest BCUT2D eigenvalue weighted by Gasteiger charge is -1.99. The molecule has 1 aromatic rings. The Kier molecular flexibility index (Phi) is 1.70. The van der Waals surface area contributed by atoms with Gasteiger partial charge in [-0.2, -0.15) is 0 Å². The van der Waals surface area contributed by atoms with Gasteiger partial charge in [-0.05, 0) is 23.6 Å². The van der Waals surface area contributed by atoms with Gasteiger partial charge in [0.15, 0.2) is 0 Å². The Hall–Kier alpha value is -1.51. The second-order valence-corrected chi connectivity index (χ2v) is 2.84. The fourth-order valence-corrected chi connectivity index (χ4v) is 1.46. The molecule has 0 aliphatic carbocycles. The minimum absolute atomic E-state index is 0.922. The summed E-state index contributed by atoms with van der Waals surface area (Å²) in [7, 11) is 0. The van der Waals surface area contributed by atoms with Crippen LogP contribution in [0.2, 0.25) is 0 Å². The molecule has 1 heterocycles. The van der Waals surface area contributed by atoms with Crippen LogP contribution in [0.15, 0.2) is 23.4 Å². The van der Waals surface area contributed by atoms with Crippen LogP contribution in [0.25, 0.3) is 0 Å². The van der Waals surface area contributed by atoms with Gasteiger partial charge in [0.25, 0.3) is 0 Å². The second-order valence-electron chi connectivity index (χ2n) is 2.84. The topological polar surface area (TPSA) is 44.6 Å². The molecule has 0 amide bonds. The first-order valence-electron chi connectivity index (χ1n) is 3.94. The van der Waals surface area contributed by atoms with Gasteiger partial charge in [0.05, 0.1) is 6.21 Å². The van der Waals surface area contributed by atoms with Crippen LogP contribution in [0.1, 0.15) is 11.1 Å². The molecule has 12 heavy (non-hydrogen) atoms. The fraction of sp³-hybridized carbons (Fsp3) is 0.222. The molecule has 62 valence electrons. The highest BCUT2D eigenvalue weighted by Crippen LogP contribution is 2.22. The van der Waals surface area contributed by atoms with Crippen molar-refractivity contribution in [2.75, 3.05) is 11.9 Å². The van der Waals surface area contributed by atoms with Crippen molar-refractivity contribution in [3.05, 3.63) is 29.3 Å². The molecular weight excluding hydrogens is 152 g/mol. The number of hydrogen-bond donors (Lipinski definition) is 2. The van der Waals surface area contributed by atoms with E-state index in [0.29, 0.717) is 0 Å². The highest BCUT2D eigenvalue weighted by atomic mass is 16.4. The van der Waals surface area contributed by atoms with Gasteiger partial charge in [-0.3, -0.25) is 0 Å². The van der Waals surface area contributed by atoms with E-state index in [0.717, 1.165) is 24.2 Å². The Morgan fingerprint density at radius 1 is 1.50 bits per heavy atom. The van der Waals surface area contributed by atoms with Gasteiger partial charge in [-0.1, -0.05) is 17.3 Å². The summed E-state index contributed by atoms with van der Waals surface area (Å²) in [5.41, 5.74) is 3.42. The maximum absolute atomic E-state index is 8.32. The maximum atomic E-state index is 8.32.